The van der Waals surface area contributed by atoms with Gasteiger partial charge >= 0.3 is 0 Å². The van der Waals surface area contributed by atoms with Crippen LogP contribution in [-0.2, 0) is 0 Å². The zero-order valence-corrected chi connectivity index (χ0v) is 7.94. The molecule has 0 aliphatic heterocycles. The molecule has 0 aromatic carbocycles. The maximum atomic E-state index is 12.7. The molecule has 2 aromatic heterocycles. The highest BCUT2D eigenvalue weighted by molar-refractivity contribution is 9.10. The number of aromatic amines is 1. The van der Waals surface area contributed by atoms with Gasteiger partial charge in [0.15, 0.2) is 0 Å². The lowest BCUT2D eigenvalue weighted by molar-refractivity contribution is 0.624. The summed E-state index contributed by atoms with van der Waals surface area (Å²) in [7, 11) is 0. The number of aromatic nitrogens is 2. The summed E-state index contributed by atoms with van der Waals surface area (Å²) in [6.07, 6.45) is 1.21. The fourth-order valence-corrected chi connectivity index (χ4v) is 1.56. The summed E-state index contributed by atoms with van der Waals surface area (Å²) in [5.41, 5.74) is 2.45. The minimum Gasteiger partial charge on any atom is -0.356 e. The van der Waals surface area contributed by atoms with Crippen molar-refractivity contribution in [2.45, 2.75) is 6.92 Å². The molecule has 0 bridgehead atoms. The molecule has 0 atom stereocenters. The van der Waals surface area contributed by atoms with Gasteiger partial charge < -0.3 is 4.98 Å². The maximum absolute atomic E-state index is 12.7. The highest BCUT2D eigenvalue weighted by Gasteiger charge is 2.06. The average Bonchev–Trinajstić information content (AvgIpc) is 2.28. The zero-order chi connectivity index (χ0) is 8.72. The summed E-state index contributed by atoms with van der Waals surface area (Å²) >= 11 is 3.36. The molecule has 2 rings (SSSR count). The first-order chi connectivity index (χ1) is 5.68. The van der Waals surface area contributed by atoms with E-state index >= 15 is 0 Å². The topological polar surface area (TPSA) is 28.7 Å². The molecule has 0 unspecified atom stereocenters. The van der Waals surface area contributed by atoms with Gasteiger partial charge in [-0.2, -0.15) is 0 Å². The van der Waals surface area contributed by atoms with Crippen molar-refractivity contribution in [2.75, 3.05) is 0 Å². The summed E-state index contributed by atoms with van der Waals surface area (Å²) in [6, 6.07) is 1.43. The van der Waals surface area contributed by atoms with Gasteiger partial charge in [-0.25, -0.2) is 4.39 Å². The van der Waals surface area contributed by atoms with Gasteiger partial charge in [0.25, 0.3) is 0 Å². The molecule has 0 spiro atoms. The Kier molecular flexibility index (Phi) is 1.65. The van der Waals surface area contributed by atoms with Crippen molar-refractivity contribution in [1.82, 2.24) is 9.97 Å². The predicted molar refractivity (Wildman–Crippen MR) is 48.5 cm³/mol. The zero-order valence-electron chi connectivity index (χ0n) is 6.36. The van der Waals surface area contributed by atoms with Crippen LogP contribution < -0.4 is 0 Å². The van der Waals surface area contributed by atoms with E-state index in [1.54, 1.807) is 0 Å². The Balaban J connectivity index is 2.87. The van der Waals surface area contributed by atoms with Crippen LogP contribution in [0.1, 0.15) is 5.69 Å². The molecule has 2 aromatic rings. The molecule has 0 radical (unpaired) electrons. The SMILES string of the molecule is Cc1[nH]c2cc(F)cnc2c1Br. The van der Waals surface area contributed by atoms with E-state index in [1.807, 2.05) is 6.92 Å². The Hall–Kier alpha value is -0.900. The molecule has 2 nitrogen and oxygen atoms in total. The van der Waals surface area contributed by atoms with E-state index < -0.39 is 0 Å². The number of fused-ring (bicyclic) bond motifs is 1. The van der Waals surface area contributed by atoms with Crippen LogP contribution in [0, 0.1) is 12.7 Å². The number of aryl methyl sites for hydroxylation is 1. The van der Waals surface area contributed by atoms with Crippen LogP contribution in [-0.4, -0.2) is 9.97 Å². The molecule has 4 heteroatoms. The molecule has 2 heterocycles. The number of hydrogen-bond donors (Lipinski definition) is 1. The average molecular weight is 229 g/mol. The summed E-state index contributed by atoms with van der Waals surface area (Å²) in [5.74, 6) is -0.323. The van der Waals surface area contributed by atoms with Crippen molar-refractivity contribution >= 4 is 27.0 Å². The molecule has 12 heavy (non-hydrogen) atoms. The second kappa shape index (κ2) is 2.55. The summed E-state index contributed by atoms with van der Waals surface area (Å²) in [4.78, 5) is 6.97. The quantitative estimate of drug-likeness (QED) is 0.739. The normalized spacial score (nSPS) is 10.9. The highest BCUT2D eigenvalue weighted by atomic mass is 79.9. The summed E-state index contributed by atoms with van der Waals surface area (Å²) in [6.45, 7) is 1.91. The summed E-state index contributed by atoms with van der Waals surface area (Å²) < 4.78 is 13.6. The third kappa shape index (κ3) is 1.03. The van der Waals surface area contributed by atoms with E-state index in [0.717, 1.165) is 21.2 Å². The van der Waals surface area contributed by atoms with E-state index in [0.29, 0.717) is 0 Å². The second-order valence-electron chi connectivity index (χ2n) is 2.61. The Morgan fingerprint density at radius 1 is 1.58 bits per heavy atom. The van der Waals surface area contributed by atoms with E-state index in [1.165, 1.54) is 12.3 Å². The largest absolute Gasteiger partial charge is 0.356 e. The van der Waals surface area contributed by atoms with Crippen LogP contribution in [0.15, 0.2) is 16.7 Å². The third-order valence-electron chi connectivity index (χ3n) is 1.71. The minimum absolute atomic E-state index is 0.323. The molecule has 0 amide bonds. The van der Waals surface area contributed by atoms with Gasteiger partial charge in [-0.3, -0.25) is 4.98 Å². The van der Waals surface area contributed by atoms with Gasteiger partial charge in [-0.15, -0.1) is 0 Å². The van der Waals surface area contributed by atoms with Gasteiger partial charge in [0.05, 0.1) is 16.2 Å². The second-order valence-corrected chi connectivity index (χ2v) is 3.41. The lowest BCUT2D eigenvalue weighted by atomic mass is 10.4. The molecular weight excluding hydrogens is 223 g/mol. The smallest absolute Gasteiger partial charge is 0.143 e. The molecule has 0 fully saturated rings. The highest BCUT2D eigenvalue weighted by Crippen LogP contribution is 2.25. The van der Waals surface area contributed by atoms with Gasteiger partial charge in [-0.1, -0.05) is 0 Å². The Bertz CT molecular complexity index is 436. The van der Waals surface area contributed by atoms with Crippen LogP contribution in [0.4, 0.5) is 4.39 Å². The predicted octanol–water partition coefficient (Wildman–Crippen LogP) is 2.77. The Morgan fingerprint density at radius 3 is 3.08 bits per heavy atom. The van der Waals surface area contributed by atoms with Crippen molar-refractivity contribution in [3.05, 3.63) is 28.2 Å². The third-order valence-corrected chi connectivity index (χ3v) is 2.68. The van der Waals surface area contributed by atoms with Crippen LogP contribution in [0.2, 0.25) is 0 Å². The van der Waals surface area contributed by atoms with Gasteiger partial charge in [0, 0.05) is 11.8 Å². The number of nitrogens with zero attached hydrogens (tertiary/aromatic N) is 1. The van der Waals surface area contributed by atoms with Gasteiger partial charge in [0.1, 0.15) is 11.3 Å². The van der Waals surface area contributed by atoms with Crippen LogP contribution in [0.3, 0.4) is 0 Å². The molecule has 62 valence electrons. The lowest BCUT2D eigenvalue weighted by Gasteiger charge is -1.88. The number of rotatable bonds is 0. The van der Waals surface area contributed by atoms with Crippen molar-refractivity contribution in [3.63, 3.8) is 0 Å². The van der Waals surface area contributed by atoms with Crippen LogP contribution in [0.25, 0.3) is 11.0 Å². The van der Waals surface area contributed by atoms with E-state index in [9.17, 15) is 4.39 Å². The van der Waals surface area contributed by atoms with Crippen molar-refractivity contribution < 1.29 is 4.39 Å². The first kappa shape index (κ1) is 7.73. The first-order valence-electron chi connectivity index (χ1n) is 3.48. The number of pyridine rings is 1. The molecule has 0 aliphatic rings. The Labute approximate surface area is 76.9 Å². The van der Waals surface area contributed by atoms with Crippen molar-refractivity contribution in [1.29, 1.82) is 0 Å². The Morgan fingerprint density at radius 2 is 2.33 bits per heavy atom. The van der Waals surface area contributed by atoms with Crippen LogP contribution >= 0.6 is 15.9 Å². The lowest BCUT2D eigenvalue weighted by Crippen LogP contribution is -1.78. The molecule has 0 saturated carbocycles. The maximum Gasteiger partial charge on any atom is 0.143 e. The van der Waals surface area contributed by atoms with Crippen LogP contribution in [0.5, 0.6) is 0 Å². The first-order valence-corrected chi connectivity index (χ1v) is 4.27. The molecular formula is C8H6BrFN2. The molecule has 1 N–H and O–H groups in total. The monoisotopic (exact) mass is 228 g/mol. The number of halogens is 2. The van der Waals surface area contributed by atoms with Crippen molar-refractivity contribution in [3.8, 4) is 0 Å². The van der Waals surface area contributed by atoms with Crippen molar-refractivity contribution in [2.24, 2.45) is 0 Å². The van der Waals surface area contributed by atoms with E-state index in [4.69, 9.17) is 0 Å². The fourth-order valence-electron chi connectivity index (χ4n) is 1.14. The van der Waals surface area contributed by atoms with E-state index in [2.05, 4.69) is 25.9 Å². The van der Waals surface area contributed by atoms with Gasteiger partial charge in [0.2, 0.25) is 0 Å². The standard InChI is InChI=1S/C8H6BrFN2/c1-4-7(9)8-6(12-4)2-5(10)3-11-8/h2-3,12H,1H3. The molecule has 0 aliphatic carbocycles. The number of H-pyrrole nitrogens is 1. The fraction of sp³-hybridized carbons (Fsp3) is 0.125. The van der Waals surface area contributed by atoms with Gasteiger partial charge in [-0.05, 0) is 22.9 Å². The van der Waals surface area contributed by atoms with E-state index in [-0.39, 0.29) is 5.82 Å². The number of hydrogen-bond acceptors (Lipinski definition) is 1. The summed E-state index contributed by atoms with van der Waals surface area (Å²) in [5, 5.41) is 0. The minimum atomic E-state index is -0.323. The molecule has 0 saturated heterocycles. The number of nitrogens with one attached hydrogen (secondary N) is 1.